The number of aromatic nitrogens is 2. The van der Waals surface area contributed by atoms with E-state index in [0.29, 0.717) is 15.2 Å². The number of fused-ring (bicyclic) bond motifs is 2. The van der Waals surface area contributed by atoms with Crippen molar-refractivity contribution in [1.82, 2.24) is 9.97 Å². The van der Waals surface area contributed by atoms with Crippen molar-refractivity contribution in [1.29, 1.82) is 0 Å². The Labute approximate surface area is 133 Å². The Bertz CT molecular complexity index is 1110. The molecule has 0 fully saturated rings. The van der Waals surface area contributed by atoms with Gasteiger partial charge in [0.15, 0.2) is 0 Å². The van der Waals surface area contributed by atoms with E-state index >= 15 is 0 Å². The Morgan fingerprint density at radius 1 is 1.09 bits per heavy atom. The molecule has 2 heterocycles. The third kappa shape index (κ3) is 2.20. The SMILES string of the molecule is O=S(=O)(O)c1cccc2nc(-c3ccc4ncsc4c3)sc12. The van der Waals surface area contributed by atoms with Gasteiger partial charge in [-0.1, -0.05) is 6.07 Å². The molecule has 0 aliphatic carbocycles. The van der Waals surface area contributed by atoms with Gasteiger partial charge in [-0.2, -0.15) is 8.42 Å². The molecule has 1 N–H and O–H groups in total. The highest BCUT2D eigenvalue weighted by Crippen LogP contribution is 2.35. The Balaban J connectivity index is 1.96. The summed E-state index contributed by atoms with van der Waals surface area (Å²) in [5, 5.41) is 0.710. The molecule has 0 saturated heterocycles. The molecule has 0 radical (unpaired) electrons. The topological polar surface area (TPSA) is 80.2 Å². The van der Waals surface area contributed by atoms with Crippen LogP contribution in [0.1, 0.15) is 0 Å². The van der Waals surface area contributed by atoms with E-state index in [1.165, 1.54) is 17.4 Å². The van der Waals surface area contributed by atoms with Gasteiger partial charge in [0.2, 0.25) is 0 Å². The Hall–Kier alpha value is -1.87. The molecule has 110 valence electrons. The molecular weight excluding hydrogens is 340 g/mol. The molecule has 0 aliphatic rings. The molecule has 2 aromatic carbocycles. The molecule has 0 saturated carbocycles. The van der Waals surface area contributed by atoms with Crippen molar-refractivity contribution >= 4 is 53.2 Å². The maximum atomic E-state index is 11.5. The highest BCUT2D eigenvalue weighted by molar-refractivity contribution is 7.86. The molecule has 0 bridgehead atoms. The largest absolute Gasteiger partial charge is 0.296 e. The minimum Gasteiger partial charge on any atom is -0.282 e. The molecule has 22 heavy (non-hydrogen) atoms. The van der Waals surface area contributed by atoms with Crippen molar-refractivity contribution in [3.63, 3.8) is 0 Å². The van der Waals surface area contributed by atoms with Crippen LogP contribution in [0.25, 0.3) is 31.0 Å². The fourth-order valence-corrected chi connectivity index (χ4v) is 4.95. The van der Waals surface area contributed by atoms with E-state index in [4.69, 9.17) is 0 Å². The number of hydrogen-bond donors (Lipinski definition) is 1. The van der Waals surface area contributed by atoms with Gasteiger partial charge in [0.05, 0.1) is 25.9 Å². The van der Waals surface area contributed by atoms with Crippen molar-refractivity contribution in [2.45, 2.75) is 4.90 Å². The predicted molar refractivity (Wildman–Crippen MR) is 88.0 cm³/mol. The molecule has 0 atom stereocenters. The first kappa shape index (κ1) is 13.8. The van der Waals surface area contributed by atoms with Crippen LogP contribution in [0.5, 0.6) is 0 Å². The molecule has 4 rings (SSSR count). The summed E-state index contributed by atoms with van der Waals surface area (Å²) in [5.74, 6) is 0. The smallest absolute Gasteiger partial charge is 0.282 e. The molecule has 5 nitrogen and oxygen atoms in total. The van der Waals surface area contributed by atoms with Gasteiger partial charge >= 0.3 is 0 Å². The number of hydrogen-bond acceptors (Lipinski definition) is 6. The number of thiazole rings is 2. The normalized spacial score (nSPS) is 12.2. The van der Waals surface area contributed by atoms with E-state index in [2.05, 4.69) is 9.97 Å². The molecule has 2 aromatic heterocycles. The summed E-state index contributed by atoms with van der Waals surface area (Å²) < 4.78 is 33.8. The van der Waals surface area contributed by atoms with Crippen LogP contribution in [-0.4, -0.2) is 22.9 Å². The van der Waals surface area contributed by atoms with Gasteiger partial charge in [-0.15, -0.1) is 22.7 Å². The lowest BCUT2D eigenvalue weighted by atomic mass is 10.2. The summed E-state index contributed by atoms with van der Waals surface area (Å²) in [7, 11) is -4.26. The van der Waals surface area contributed by atoms with Crippen molar-refractivity contribution in [2.24, 2.45) is 0 Å². The average molecular weight is 348 g/mol. The molecule has 0 spiro atoms. The van der Waals surface area contributed by atoms with Gasteiger partial charge in [-0.3, -0.25) is 4.55 Å². The zero-order valence-corrected chi connectivity index (χ0v) is 13.4. The lowest BCUT2D eigenvalue weighted by molar-refractivity contribution is 0.484. The fourth-order valence-electron chi connectivity index (χ4n) is 2.24. The maximum Gasteiger partial charge on any atom is 0.296 e. The molecule has 8 heteroatoms. The minimum atomic E-state index is -4.26. The van der Waals surface area contributed by atoms with Gasteiger partial charge in [0.25, 0.3) is 10.1 Å². The molecule has 0 unspecified atom stereocenters. The van der Waals surface area contributed by atoms with Crippen molar-refractivity contribution in [3.05, 3.63) is 41.9 Å². The summed E-state index contributed by atoms with van der Waals surface area (Å²) in [5.41, 5.74) is 4.16. The second-order valence-electron chi connectivity index (χ2n) is 4.63. The highest BCUT2D eigenvalue weighted by atomic mass is 32.2. The van der Waals surface area contributed by atoms with E-state index in [-0.39, 0.29) is 4.90 Å². The summed E-state index contributed by atoms with van der Waals surface area (Å²) in [6.45, 7) is 0. The van der Waals surface area contributed by atoms with E-state index in [1.54, 1.807) is 29.0 Å². The Morgan fingerprint density at radius 3 is 2.77 bits per heavy atom. The lowest BCUT2D eigenvalue weighted by Crippen LogP contribution is -1.97. The van der Waals surface area contributed by atoms with Gasteiger partial charge in [0, 0.05) is 5.56 Å². The Kier molecular flexibility index (Phi) is 3.01. The minimum absolute atomic E-state index is 0.104. The van der Waals surface area contributed by atoms with Crippen molar-refractivity contribution in [2.75, 3.05) is 0 Å². The van der Waals surface area contributed by atoms with Crippen LogP contribution < -0.4 is 0 Å². The average Bonchev–Trinajstić information content (AvgIpc) is 3.11. The first-order valence-electron chi connectivity index (χ1n) is 6.23. The lowest BCUT2D eigenvalue weighted by Gasteiger charge is -1.96. The zero-order valence-electron chi connectivity index (χ0n) is 10.9. The summed E-state index contributed by atoms with van der Waals surface area (Å²) in [6.07, 6.45) is 0. The van der Waals surface area contributed by atoms with Crippen LogP contribution in [0.4, 0.5) is 0 Å². The number of nitrogens with zero attached hydrogens (tertiary/aromatic N) is 2. The summed E-state index contributed by atoms with van der Waals surface area (Å²) >= 11 is 2.79. The quantitative estimate of drug-likeness (QED) is 0.557. The van der Waals surface area contributed by atoms with Gasteiger partial charge in [-0.05, 0) is 30.3 Å². The van der Waals surface area contributed by atoms with E-state index in [9.17, 15) is 13.0 Å². The third-order valence-electron chi connectivity index (χ3n) is 3.23. The molecule has 0 aliphatic heterocycles. The first-order chi connectivity index (χ1) is 10.5. The van der Waals surface area contributed by atoms with Gasteiger partial charge < -0.3 is 0 Å². The van der Waals surface area contributed by atoms with Gasteiger partial charge in [-0.25, -0.2) is 9.97 Å². The maximum absolute atomic E-state index is 11.5. The number of benzene rings is 2. The third-order valence-corrected chi connectivity index (χ3v) is 6.21. The summed E-state index contributed by atoms with van der Waals surface area (Å²) in [6, 6.07) is 10.5. The van der Waals surface area contributed by atoms with Crippen LogP contribution >= 0.6 is 22.7 Å². The predicted octanol–water partition coefficient (Wildman–Crippen LogP) is 3.82. The zero-order chi connectivity index (χ0) is 15.3. The van der Waals surface area contributed by atoms with Crippen LogP contribution in [0.15, 0.2) is 46.8 Å². The molecule has 4 aromatic rings. The number of rotatable bonds is 2. The molecular formula is C14H8N2O3S3. The fraction of sp³-hybridized carbons (Fsp3) is 0. The highest BCUT2D eigenvalue weighted by Gasteiger charge is 2.17. The Morgan fingerprint density at radius 2 is 1.95 bits per heavy atom. The second kappa shape index (κ2) is 4.82. The summed E-state index contributed by atoms with van der Waals surface area (Å²) in [4.78, 5) is 8.60. The van der Waals surface area contributed by atoms with Gasteiger partial charge in [0.1, 0.15) is 9.90 Å². The van der Waals surface area contributed by atoms with Crippen molar-refractivity contribution < 1.29 is 13.0 Å². The van der Waals surface area contributed by atoms with Crippen LogP contribution in [0.2, 0.25) is 0 Å². The van der Waals surface area contributed by atoms with Crippen LogP contribution in [0, 0.1) is 0 Å². The van der Waals surface area contributed by atoms with Crippen LogP contribution in [0.3, 0.4) is 0 Å². The van der Waals surface area contributed by atoms with Crippen LogP contribution in [-0.2, 0) is 10.1 Å². The van der Waals surface area contributed by atoms with E-state index < -0.39 is 10.1 Å². The standard InChI is InChI=1S/C14H8N2O3S3/c17-22(18,19)12-3-1-2-10-13(12)21-14(16-10)8-4-5-9-11(6-8)20-7-15-9/h1-7H,(H,17,18,19). The molecule has 0 amide bonds. The van der Waals surface area contributed by atoms with Crippen molar-refractivity contribution in [3.8, 4) is 10.6 Å². The van der Waals surface area contributed by atoms with E-state index in [0.717, 1.165) is 15.8 Å². The van der Waals surface area contributed by atoms with E-state index in [1.807, 2.05) is 18.2 Å². The monoisotopic (exact) mass is 348 g/mol. The second-order valence-corrected chi connectivity index (χ2v) is 7.91. The first-order valence-corrected chi connectivity index (χ1v) is 9.37.